The molecule has 2 amide bonds. The normalized spacial score (nSPS) is 19.0. The van der Waals surface area contributed by atoms with E-state index in [1.54, 1.807) is 0 Å². The fourth-order valence-electron chi connectivity index (χ4n) is 4.63. The number of anilines is 2. The Hall–Kier alpha value is -3.84. The molecule has 34 heavy (non-hydrogen) atoms. The van der Waals surface area contributed by atoms with Crippen LogP contribution in [-0.2, 0) is 9.59 Å². The first kappa shape index (κ1) is 22.0. The number of carbonyl (C=O) groups is 3. The highest BCUT2D eigenvalue weighted by Crippen LogP contribution is 2.27. The maximum absolute atomic E-state index is 13.2. The summed E-state index contributed by atoms with van der Waals surface area (Å²) in [7, 11) is 0. The molecule has 0 bridgehead atoms. The Balaban J connectivity index is 1.21. The second-order valence-corrected chi connectivity index (χ2v) is 8.53. The zero-order chi connectivity index (χ0) is 23.7. The summed E-state index contributed by atoms with van der Waals surface area (Å²) >= 11 is 0. The highest BCUT2D eigenvalue weighted by Gasteiger charge is 2.43. The molecule has 2 fully saturated rings. The quantitative estimate of drug-likeness (QED) is 0.434. The third-order valence-electron chi connectivity index (χ3n) is 6.49. The highest BCUT2D eigenvalue weighted by atomic mass is 19.1. The zero-order valence-electron chi connectivity index (χ0n) is 18.6. The highest BCUT2D eigenvalue weighted by molar-refractivity contribution is 6.22. The van der Waals surface area contributed by atoms with Gasteiger partial charge in [-0.1, -0.05) is 30.3 Å². The van der Waals surface area contributed by atoms with Gasteiger partial charge in [0.1, 0.15) is 5.82 Å². The Morgan fingerprint density at radius 2 is 1.32 bits per heavy atom. The molecule has 1 atom stereocenters. The number of imide groups is 1. The number of hydrogen-bond donors (Lipinski definition) is 0. The smallest absolute Gasteiger partial charge is 0.251 e. The van der Waals surface area contributed by atoms with E-state index in [0.717, 1.165) is 5.69 Å². The topological polar surface area (TPSA) is 60.9 Å². The van der Waals surface area contributed by atoms with Gasteiger partial charge >= 0.3 is 0 Å². The van der Waals surface area contributed by atoms with Gasteiger partial charge in [0.05, 0.1) is 18.2 Å². The van der Waals surface area contributed by atoms with E-state index in [9.17, 15) is 18.8 Å². The van der Waals surface area contributed by atoms with Gasteiger partial charge in [-0.05, 0) is 48.5 Å². The molecular formula is C27H24FN3O3. The maximum atomic E-state index is 13.2. The molecule has 0 N–H and O–H groups in total. The van der Waals surface area contributed by atoms with Gasteiger partial charge in [0.2, 0.25) is 5.91 Å². The zero-order valence-corrected chi connectivity index (χ0v) is 18.6. The van der Waals surface area contributed by atoms with Gasteiger partial charge in [0.25, 0.3) is 5.91 Å². The van der Waals surface area contributed by atoms with Crippen molar-refractivity contribution < 1.29 is 18.8 Å². The molecule has 2 saturated heterocycles. The van der Waals surface area contributed by atoms with Crippen molar-refractivity contribution in [3.63, 3.8) is 0 Å². The Morgan fingerprint density at radius 1 is 0.735 bits per heavy atom. The van der Waals surface area contributed by atoms with Crippen LogP contribution in [0.25, 0.3) is 0 Å². The molecule has 0 spiro atoms. The van der Waals surface area contributed by atoms with Gasteiger partial charge in [-0.3, -0.25) is 19.3 Å². The molecule has 0 saturated carbocycles. The van der Waals surface area contributed by atoms with Crippen molar-refractivity contribution in [1.29, 1.82) is 0 Å². The molecule has 2 aliphatic rings. The minimum absolute atomic E-state index is 0.00732. The summed E-state index contributed by atoms with van der Waals surface area (Å²) in [5.41, 5.74) is 2.73. The molecule has 3 aromatic rings. The van der Waals surface area contributed by atoms with Crippen LogP contribution in [0.3, 0.4) is 0 Å². The summed E-state index contributed by atoms with van der Waals surface area (Å²) in [4.78, 5) is 43.6. The second-order valence-electron chi connectivity index (χ2n) is 8.53. The van der Waals surface area contributed by atoms with Gasteiger partial charge in [0, 0.05) is 43.0 Å². The second kappa shape index (κ2) is 9.19. The van der Waals surface area contributed by atoms with Crippen molar-refractivity contribution in [2.75, 3.05) is 36.0 Å². The van der Waals surface area contributed by atoms with E-state index in [4.69, 9.17) is 0 Å². The number of halogens is 1. The van der Waals surface area contributed by atoms with Crippen LogP contribution in [0, 0.1) is 5.82 Å². The number of benzene rings is 3. The van der Waals surface area contributed by atoms with Gasteiger partial charge in [-0.15, -0.1) is 0 Å². The third kappa shape index (κ3) is 4.22. The standard InChI is InChI=1S/C27H24FN3O3/c28-21-8-12-23(13-9-21)31-25(32)18-24(27(31)34)30-16-14-29(15-17-30)22-10-6-20(7-11-22)26(33)19-4-2-1-3-5-19/h1-13,24H,14-18H2/t24-/m1/s1. The number of nitrogens with zero attached hydrogens (tertiary/aromatic N) is 3. The van der Waals surface area contributed by atoms with Crippen LogP contribution in [0.15, 0.2) is 78.9 Å². The van der Waals surface area contributed by atoms with Crippen LogP contribution < -0.4 is 9.80 Å². The van der Waals surface area contributed by atoms with Gasteiger partial charge in [0.15, 0.2) is 5.78 Å². The van der Waals surface area contributed by atoms with E-state index in [-0.39, 0.29) is 24.0 Å². The minimum Gasteiger partial charge on any atom is -0.369 e. The van der Waals surface area contributed by atoms with Crippen LogP contribution in [0.2, 0.25) is 0 Å². The summed E-state index contributed by atoms with van der Waals surface area (Å²) in [5, 5.41) is 0. The van der Waals surface area contributed by atoms with Crippen molar-refractivity contribution in [3.05, 3.63) is 95.8 Å². The molecule has 172 valence electrons. The third-order valence-corrected chi connectivity index (χ3v) is 6.49. The molecule has 2 heterocycles. The average molecular weight is 458 g/mol. The van der Waals surface area contributed by atoms with Crippen molar-refractivity contribution >= 4 is 29.0 Å². The van der Waals surface area contributed by atoms with Crippen LogP contribution in [-0.4, -0.2) is 54.7 Å². The summed E-state index contributed by atoms with van der Waals surface area (Å²) in [6.45, 7) is 2.71. The van der Waals surface area contributed by atoms with Gasteiger partial charge < -0.3 is 4.90 Å². The molecule has 7 heteroatoms. The predicted octanol–water partition coefficient (Wildman–Crippen LogP) is 3.51. The van der Waals surface area contributed by atoms with Crippen LogP contribution in [0.4, 0.5) is 15.8 Å². The lowest BCUT2D eigenvalue weighted by Gasteiger charge is -2.38. The molecule has 6 nitrogen and oxygen atoms in total. The molecular weight excluding hydrogens is 433 g/mol. The lowest BCUT2D eigenvalue weighted by atomic mass is 10.0. The number of amides is 2. The molecule has 0 radical (unpaired) electrons. The van der Waals surface area contributed by atoms with Crippen molar-refractivity contribution in [2.24, 2.45) is 0 Å². The summed E-state index contributed by atoms with van der Waals surface area (Å²) in [6, 6.07) is 21.7. The number of hydrogen-bond acceptors (Lipinski definition) is 5. The molecule has 2 aliphatic heterocycles. The van der Waals surface area contributed by atoms with E-state index in [1.165, 1.54) is 29.2 Å². The summed E-state index contributed by atoms with van der Waals surface area (Å²) in [6.07, 6.45) is 0.131. The largest absolute Gasteiger partial charge is 0.369 e. The predicted molar refractivity (Wildman–Crippen MR) is 127 cm³/mol. The van der Waals surface area contributed by atoms with Crippen molar-refractivity contribution in [2.45, 2.75) is 12.5 Å². The fourth-order valence-corrected chi connectivity index (χ4v) is 4.63. The first-order chi connectivity index (χ1) is 16.5. The lowest BCUT2D eigenvalue weighted by Crippen LogP contribution is -2.52. The Kier molecular flexibility index (Phi) is 5.94. The van der Waals surface area contributed by atoms with Crippen LogP contribution in [0.1, 0.15) is 22.3 Å². The minimum atomic E-state index is -0.495. The van der Waals surface area contributed by atoms with E-state index in [0.29, 0.717) is 43.0 Å². The first-order valence-corrected chi connectivity index (χ1v) is 11.3. The maximum Gasteiger partial charge on any atom is 0.251 e. The summed E-state index contributed by atoms with van der Waals surface area (Å²) < 4.78 is 13.2. The van der Waals surface area contributed by atoms with E-state index < -0.39 is 11.9 Å². The van der Waals surface area contributed by atoms with E-state index in [2.05, 4.69) is 4.90 Å². The molecule has 0 aromatic heterocycles. The Morgan fingerprint density at radius 3 is 1.97 bits per heavy atom. The molecule has 0 aliphatic carbocycles. The van der Waals surface area contributed by atoms with Crippen LogP contribution >= 0.6 is 0 Å². The SMILES string of the molecule is O=C(c1ccccc1)c1ccc(N2CCN([C@@H]3CC(=O)N(c4ccc(F)cc4)C3=O)CC2)cc1. The average Bonchev–Trinajstić information content (AvgIpc) is 3.18. The van der Waals surface area contributed by atoms with Crippen molar-refractivity contribution in [1.82, 2.24) is 4.90 Å². The Bertz CT molecular complexity index is 1200. The first-order valence-electron chi connectivity index (χ1n) is 11.3. The monoisotopic (exact) mass is 457 g/mol. The Labute approximate surface area is 197 Å². The van der Waals surface area contributed by atoms with E-state index in [1.807, 2.05) is 59.5 Å². The van der Waals surface area contributed by atoms with Gasteiger partial charge in [-0.25, -0.2) is 9.29 Å². The van der Waals surface area contributed by atoms with Gasteiger partial charge in [-0.2, -0.15) is 0 Å². The number of carbonyl (C=O) groups excluding carboxylic acids is 3. The number of piperazine rings is 1. The summed E-state index contributed by atoms with van der Waals surface area (Å²) in [5.74, 6) is -0.934. The molecule has 3 aromatic carbocycles. The fraction of sp³-hybridized carbons (Fsp3) is 0.222. The number of rotatable bonds is 5. The molecule has 0 unspecified atom stereocenters. The van der Waals surface area contributed by atoms with Crippen molar-refractivity contribution in [3.8, 4) is 0 Å². The lowest BCUT2D eigenvalue weighted by molar-refractivity contribution is -0.123. The number of ketones is 1. The van der Waals surface area contributed by atoms with Crippen LogP contribution in [0.5, 0.6) is 0 Å². The van der Waals surface area contributed by atoms with E-state index >= 15 is 0 Å². The molecule has 5 rings (SSSR count).